The molecule has 0 radical (unpaired) electrons. The lowest BCUT2D eigenvalue weighted by Crippen LogP contribution is -2.24. The quantitative estimate of drug-likeness (QED) is 0.525. The normalized spacial score (nSPS) is 17.0. The number of thioether (sulfide) groups is 1. The van der Waals surface area contributed by atoms with Gasteiger partial charge in [-0.3, -0.25) is 4.79 Å². The molecule has 0 spiro atoms. The SMILES string of the molecule is CSc1ccc(CN2CC(c3nc(-c4ccc(C(C)(C)C)cc4)no3)CC2=O)cc1. The van der Waals surface area contributed by atoms with E-state index in [0.29, 0.717) is 31.2 Å². The lowest BCUT2D eigenvalue weighted by Gasteiger charge is -2.18. The van der Waals surface area contributed by atoms with Gasteiger partial charge in [0.05, 0.1) is 5.92 Å². The number of carbonyl (C=O) groups is 1. The lowest BCUT2D eigenvalue weighted by molar-refractivity contribution is -0.128. The van der Waals surface area contributed by atoms with Crippen LogP contribution in [-0.2, 0) is 16.8 Å². The largest absolute Gasteiger partial charge is 0.339 e. The molecule has 1 aliphatic heterocycles. The molecule has 0 bridgehead atoms. The van der Waals surface area contributed by atoms with Crippen LogP contribution in [0.2, 0.25) is 0 Å². The van der Waals surface area contributed by atoms with Gasteiger partial charge in [-0.15, -0.1) is 11.8 Å². The van der Waals surface area contributed by atoms with Crippen molar-refractivity contribution in [2.45, 2.75) is 50.0 Å². The highest BCUT2D eigenvalue weighted by molar-refractivity contribution is 7.98. The number of amides is 1. The van der Waals surface area contributed by atoms with E-state index in [4.69, 9.17) is 4.52 Å². The highest BCUT2D eigenvalue weighted by atomic mass is 32.2. The van der Waals surface area contributed by atoms with Crippen LogP contribution in [0.3, 0.4) is 0 Å². The number of likely N-dealkylation sites (tertiary alicyclic amines) is 1. The number of carbonyl (C=O) groups excluding carboxylic acids is 1. The molecule has 0 N–H and O–H groups in total. The van der Waals surface area contributed by atoms with Crippen molar-refractivity contribution in [2.75, 3.05) is 12.8 Å². The molecule has 0 aliphatic carbocycles. The van der Waals surface area contributed by atoms with Crippen LogP contribution in [0.15, 0.2) is 57.9 Å². The maximum Gasteiger partial charge on any atom is 0.232 e. The first-order valence-corrected chi connectivity index (χ1v) is 11.4. The van der Waals surface area contributed by atoms with Gasteiger partial charge in [0.2, 0.25) is 17.6 Å². The maximum absolute atomic E-state index is 12.5. The summed E-state index contributed by atoms with van der Waals surface area (Å²) in [7, 11) is 0. The zero-order valence-electron chi connectivity index (χ0n) is 17.9. The topological polar surface area (TPSA) is 59.2 Å². The van der Waals surface area contributed by atoms with Gasteiger partial charge in [-0.1, -0.05) is 62.3 Å². The van der Waals surface area contributed by atoms with E-state index in [1.54, 1.807) is 11.8 Å². The van der Waals surface area contributed by atoms with Crippen molar-refractivity contribution < 1.29 is 9.32 Å². The van der Waals surface area contributed by atoms with Crippen molar-refractivity contribution in [2.24, 2.45) is 0 Å². The van der Waals surface area contributed by atoms with Crippen LogP contribution >= 0.6 is 11.8 Å². The summed E-state index contributed by atoms with van der Waals surface area (Å²) in [6.45, 7) is 7.78. The minimum absolute atomic E-state index is 0.0573. The fraction of sp³-hybridized carbons (Fsp3) is 0.375. The van der Waals surface area contributed by atoms with Crippen LogP contribution < -0.4 is 0 Å². The third-order valence-corrected chi connectivity index (χ3v) is 6.29. The Morgan fingerprint density at radius 2 is 1.80 bits per heavy atom. The van der Waals surface area contributed by atoms with E-state index in [1.165, 1.54) is 10.5 Å². The second kappa shape index (κ2) is 8.26. The second-order valence-electron chi connectivity index (χ2n) is 8.81. The smallest absolute Gasteiger partial charge is 0.232 e. The fourth-order valence-electron chi connectivity index (χ4n) is 3.68. The highest BCUT2D eigenvalue weighted by Gasteiger charge is 2.34. The van der Waals surface area contributed by atoms with Gasteiger partial charge in [-0.25, -0.2) is 0 Å². The summed E-state index contributed by atoms with van der Waals surface area (Å²) in [4.78, 5) is 20.2. The van der Waals surface area contributed by atoms with Gasteiger partial charge in [-0.05, 0) is 34.9 Å². The Bertz CT molecular complexity index is 1020. The Morgan fingerprint density at radius 3 is 2.43 bits per heavy atom. The molecule has 30 heavy (non-hydrogen) atoms. The summed E-state index contributed by atoms with van der Waals surface area (Å²) in [6.07, 6.45) is 2.47. The maximum atomic E-state index is 12.5. The molecule has 1 unspecified atom stereocenters. The third-order valence-electron chi connectivity index (χ3n) is 5.55. The minimum Gasteiger partial charge on any atom is -0.339 e. The summed E-state index contributed by atoms with van der Waals surface area (Å²) in [5, 5.41) is 4.16. The van der Waals surface area contributed by atoms with Crippen molar-refractivity contribution in [3.05, 3.63) is 65.5 Å². The van der Waals surface area contributed by atoms with Gasteiger partial charge < -0.3 is 9.42 Å². The molecule has 5 nitrogen and oxygen atoms in total. The van der Waals surface area contributed by atoms with Gasteiger partial charge in [0.1, 0.15) is 0 Å². The molecule has 1 aromatic heterocycles. The van der Waals surface area contributed by atoms with Crippen LogP contribution in [0.4, 0.5) is 0 Å². The minimum atomic E-state index is -0.0573. The van der Waals surface area contributed by atoms with Crippen molar-refractivity contribution in [1.29, 1.82) is 0 Å². The molecule has 1 fully saturated rings. The third kappa shape index (κ3) is 4.43. The highest BCUT2D eigenvalue weighted by Crippen LogP contribution is 2.30. The Kier molecular flexibility index (Phi) is 5.69. The summed E-state index contributed by atoms with van der Waals surface area (Å²) < 4.78 is 5.53. The monoisotopic (exact) mass is 421 g/mol. The molecule has 0 saturated carbocycles. The Morgan fingerprint density at radius 1 is 1.10 bits per heavy atom. The predicted molar refractivity (Wildman–Crippen MR) is 119 cm³/mol. The predicted octanol–water partition coefficient (Wildman–Crippen LogP) is 5.27. The van der Waals surface area contributed by atoms with Gasteiger partial charge in [-0.2, -0.15) is 4.98 Å². The van der Waals surface area contributed by atoms with Crippen LogP contribution in [0.5, 0.6) is 0 Å². The first-order valence-electron chi connectivity index (χ1n) is 10.2. The number of aromatic nitrogens is 2. The van der Waals surface area contributed by atoms with E-state index in [1.807, 2.05) is 17.0 Å². The van der Waals surface area contributed by atoms with Crippen LogP contribution in [-0.4, -0.2) is 33.7 Å². The molecule has 156 valence electrons. The molecule has 2 aromatic carbocycles. The zero-order chi connectivity index (χ0) is 21.3. The summed E-state index contributed by atoms with van der Waals surface area (Å²) in [6, 6.07) is 16.6. The zero-order valence-corrected chi connectivity index (χ0v) is 18.7. The number of nitrogens with zero attached hydrogens (tertiary/aromatic N) is 3. The van der Waals surface area contributed by atoms with E-state index in [-0.39, 0.29) is 17.2 Å². The summed E-state index contributed by atoms with van der Waals surface area (Å²) >= 11 is 1.71. The number of benzene rings is 2. The van der Waals surface area contributed by atoms with Gasteiger partial charge >= 0.3 is 0 Å². The molecule has 4 rings (SSSR count). The van der Waals surface area contributed by atoms with E-state index in [2.05, 4.69) is 73.6 Å². The van der Waals surface area contributed by atoms with Crippen molar-refractivity contribution >= 4 is 17.7 Å². The average Bonchev–Trinajstić information content (AvgIpc) is 3.35. The molecule has 3 aromatic rings. The van der Waals surface area contributed by atoms with Crippen LogP contribution in [0.25, 0.3) is 11.4 Å². The second-order valence-corrected chi connectivity index (χ2v) is 9.69. The van der Waals surface area contributed by atoms with E-state index >= 15 is 0 Å². The first-order chi connectivity index (χ1) is 14.3. The van der Waals surface area contributed by atoms with Gasteiger partial charge in [0.15, 0.2) is 0 Å². The summed E-state index contributed by atoms with van der Waals surface area (Å²) in [5.74, 6) is 1.18. The van der Waals surface area contributed by atoms with Crippen molar-refractivity contribution in [1.82, 2.24) is 15.0 Å². The van der Waals surface area contributed by atoms with Crippen molar-refractivity contribution in [3.63, 3.8) is 0 Å². The van der Waals surface area contributed by atoms with E-state index < -0.39 is 0 Å². The molecular weight excluding hydrogens is 394 g/mol. The molecular formula is C24H27N3O2S. The number of hydrogen-bond acceptors (Lipinski definition) is 5. The average molecular weight is 422 g/mol. The molecule has 6 heteroatoms. The first kappa shape index (κ1) is 20.7. The van der Waals surface area contributed by atoms with Crippen molar-refractivity contribution in [3.8, 4) is 11.4 Å². The van der Waals surface area contributed by atoms with E-state index in [0.717, 1.165) is 11.1 Å². The lowest BCUT2D eigenvalue weighted by atomic mass is 9.87. The van der Waals surface area contributed by atoms with E-state index in [9.17, 15) is 4.79 Å². The van der Waals surface area contributed by atoms with Crippen LogP contribution in [0.1, 0.15) is 50.1 Å². The molecule has 1 aliphatic rings. The van der Waals surface area contributed by atoms with Gasteiger partial charge in [0, 0.05) is 30.0 Å². The summed E-state index contributed by atoms with van der Waals surface area (Å²) in [5.41, 5.74) is 3.42. The molecule has 1 saturated heterocycles. The fourth-order valence-corrected chi connectivity index (χ4v) is 4.09. The number of rotatable bonds is 5. The Hall–Kier alpha value is -2.60. The van der Waals surface area contributed by atoms with Gasteiger partial charge in [0.25, 0.3) is 0 Å². The van der Waals surface area contributed by atoms with Crippen LogP contribution in [0, 0.1) is 0 Å². The number of hydrogen-bond donors (Lipinski definition) is 0. The Labute approximate surface area is 181 Å². The standard InChI is InChI=1S/C24H27N3O2S/c1-24(2,3)19-9-7-17(8-10-19)22-25-23(29-26-22)18-13-21(28)27(15-18)14-16-5-11-20(30-4)12-6-16/h5-12,18H,13-15H2,1-4H3. The molecule has 1 atom stereocenters. The molecule has 1 amide bonds. The Balaban J connectivity index is 1.44. The molecule has 2 heterocycles.